The molecule has 0 bridgehead atoms. The van der Waals surface area contributed by atoms with Crippen LogP contribution in [-0.2, 0) is 9.53 Å². The van der Waals surface area contributed by atoms with Gasteiger partial charge in [-0.1, -0.05) is 12.2 Å². The summed E-state index contributed by atoms with van der Waals surface area (Å²) in [5.74, 6) is 0.924. The summed E-state index contributed by atoms with van der Waals surface area (Å²) in [6.45, 7) is 5.11. The van der Waals surface area contributed by atoms with Gasteiger partial charge in [-0.05, 0) is 38.3 Å². The summed E-state index contributed by atoms with van der Waals surface area (Å²) in [6.07, 6.45) is 8.68. The third-order valence-corrected chi connectivity index (χ3v) is 4.79. The predicted octanol–water partition coefficient (Wildman–Crippen LogP) is 2.26. The van der Waals surface area contributed by atoms with E-state index in [1.807, 2.05) is 11.0 Å². The van der Waals surface area contributed by atoms with Crippen molar-refractivity contribution in [1.82, 2.24) is 9.88 Å². The highest BCUT2D eigenvalue weighted by atomic mass is 16.5. The fourth-order valence-electron chi connectivity index (χ4n) is 3.34. The Morgan fingerprint density at radius 2 is 2.00 bits per heavy atom. The number of hydrogen-bond donors (Lipinski definition) is 0. The minimum absolute atomic E-state index is 0.151. The van der Waals surface area contributed by atoms with Crippen LogP contribution in [0.5, 0.6) is 0 Å². The van der Waals surface area contributed by atoms with Crippen LogP contribution in [0.1, 0.15) is 36.5 Å². The first-order valence-corrected chi connectivity index (χ1v) is 9.01. The molecule has 6 nitrogen and oxygen atoms in total. The Labute approximate surface area is 148 Å². The molecule has 0 spiro atoms. The van der Waals surface area contributed by atoms with Gasteiger partial charge in [0.1, 0.15) is 5.82 Å². The molecule has 3 rings (SSSR count). The van der Waals surface area contributed by atoms with Crippen LogP contribution in [0.2, 0.25) is 0 Å². The summed E-state index contributed by atoms with van der Waals surface area (Å²) >= 11 is 0. The van der Waals surface area contributed by atoms with Crippen LogP contribution in [0.3, 0.4) is 0 Å². The van der Waals surface area contributed by atoms with Gasteiger partial charge in [-0.2, -0.15) is 0 Å². The zero-order valence-electron chi connectivity index (χ0n) is 14.7. The molecule has 1 aliphatic carbocycles. The number of hydrogen-bond acceptors (Lipinski definition) is 5. The number of aromatic nitrogens is 1. The Morgan fingerprint density at radius 1 is 1.20 bits per heavy atom. The third kappa shape index (κ3) is 4.18. The van der Waals surface area contributed by atoms with E-state index < -0.39 is 0 Å². The van der Waals surface area contributed by atoms with E-state index in [0.717, 1.165) is 51.3 Å². The summed E-state index contributed by atoms with van der Waals surface area (Å²) in [6, 6.07) is 3.59. The van der Waals surface area contributed by atoms with E-state index in [2.05, 4.69) is 22.0 Å². The van der Waals surface area contributed by atoms with Crippen molar-refractivity contribution in [3.05, 3.63) is 36.0 Å². The molecule has 25 heavy (non-hydrogen) atoms. The average Bonchev–Trinajstić information content (AvgIpc) is 2.68. The van der Waals surface area contributed by atoms with Crippen molar-refractivity contribution < 1.29 is 14.3 Å². The standard InChI is InChI=1S/C19H25N3O3/c1-2-25-19(24)16-8-9-17(20-14-16)21-10-12-22(13-11-21)18(23)15-6-4-3-5-7-15/h3-4,8-9,14-15H,2,5-7,10-13H2,1H3. The Hall–Kier alpha value is -2.37. The van der Waals surface area contributed by atoms with E-state index in [1.54, 1.807) is 19.2 Å². The maximum Gasteiger partial charge on any atom is 0.339 e. The quantitative estimate of drug-likeness (QED) is 0.620. The number of carbonyl (C=O) groups is 2. The lowest BCUT2D eigenvalue weighted by Gasteiger charge is -2.37. The Bertz CT molecular complexity index is 634. The number of pyridine rings is 1. The second kappa shape index (κ2) is 8.14. The average molecular weight is 343 g/mol. The molecule has 6 heteroatoms. The first kappa shape index (κ1) is 17.5. The van der Waals surface area contributed by atoms with E-state index in [1.165, 1.54) is 0 Å². The zero-order chi connectivity index (χ0) is 17.6. The fraction of sp³-hybridized carbons (Fsp3) is 0.526. The largest absolute Gasteiger partial charge is 0.462 e. The molecule has 0 aromatic carbocycles. The lowest BCUT2D eigenvalue weighted by molar-refractivity contribution is -0.136. The third-order valence-electron chi connectivity index (χ3n) is 4.79. The summed E-state index contributed by atoms with van der Waals surface area (Å²) in [5.41, 5.74) is 0.463. The molecule has 1 fully saturated rings. The van der Waals surface area contributed by atoms with E-state index in [-0.39, 0.29) is 17.8 Å². The molecular weight excluding hydrogens is 318 g/mol. The Morgan fingerprint density at radius 3 is 2.60 bits per heavy atom. The molecular formula is C19H25N3O3. The fourth-order valence-corrected chi connectivity index (χ4v) is 3.34. The van der Waals surface area contributed by atoms with Crippen molar-refractivity contribution in [1.29, 1.82) is 0 Å². The molecule has 1 unspecified atom stereocenters. The van der Waals surface area contributed by atoms with Crippen molar-refractivity contribution in [2.45, 2.75) is 26.2 Å². The monoisotopic (exact) mass is 343 g/mol. The normalized spacial score (nSPS) is 20.4. The zero-order valence-corrected chi connectivity index (χ0v) is 14.7. The van der Waals surface area contributed by atoms with Crippen molar-refractivity contribution in [3.63, 3.8) is 0 Å². The molecule has 0 saturated carbocycles. The lowest BCUT2D eigenvalue weighted by atomic mass is 9.93. The first-order valence-electron chi connectivity index (χ1n) is 9.01. The maximum absolute atomic E-state index is 12.6. The number of nitrogens with zero attached hydrogens (tertiary/aromatic N) is 3. The summed E-state index contributed by atoms with van der Waals surface area (Å²) < 4.78 is 4.97. The van der Waals surface area contributed by atoms with Crippen molar-refractivity contribution in [2.75, 3.05) is 37.7 Å². The first-order chi connectivity index (χ1) is 12.2. The minimum atomic E-state index is -0.349. The summed E-state index contributed by atoms with van der Waals surface area (Å²) in [4.78, 5) is 32.8. The van der Waals surface area contributed by atoms with Crippen LogP contribution >= 0.6 is 0 Å². The van der Waals surface area contributed by atoms with Crippen molar-refractivity contribution in [3.8, 4) is 0 Å². The predicted molar refractivity (Wildman–Crippen MR) is 95.5 cm³/mol. The van der Waals surface area contributed by atoms with E-state index in [9.17, 15) is 9.59 Å². The van der Waals surface area contributed by atoms with Gasteiger partial charge in [0.05, 0.1) is 12.2 Å². The van der Waals surface area contributed by atoms with Crippen molar-refractivity contribution >= 4 is 17.7 Å². The molecule has 1 atom stereocenters. The number of piperazine rings is 1. The molecule has 2 heterocycles. The van der Waals surface area contributed by atoms with Crippen LogP contribution in [0.4, 0.5) is 5.82 Å². The molecule has 0 radical (unpaired) electrons. The van der Waals surface area contributed by atoms with Gasteiger partial charge in [0, 0.05) is 38.3 Å². The van der Waals surface area contributed by atoms with Gasteiger partial charge < -0.3 is 14.5 Å². The van der Waals surface area contributed by atoms with Gasteiger partial charge >= 0.3 is 5.97 Å². The highest BCUT2D eigenvalue weighted by molar-refractivity contribution is 5.89. The number of anilines is 1. The number of carbonyl (C=O) groups excluding carboxylic acids is 2. The van der Waals surface area contributed by atoms with Crippen LogP contribution in [-0.4, -0.2) is 54.5 Å². The molecule has 1 amide bonds. The molecule has 1 saturated heterocycles. The van der Waals surface area contributed by atoms with Gasteiger partial charge in [0.25, 0.3) is 0 Å². The van der Waals surface area contributed by atoms with Gasteiger partial charge in [-0.15, -0.1) is 0 Å². The second-order valence-corrected chi connectivity index (χ2v) is 6.42. The molecule has 0 N–H and O–H groups in total. The number of esters is 1. The van der Waals surface area contributed by atoms with Crippen LogP contribution in [0.25, 0.3) is 0 Å². The molecule has 134 valence electrons. The summed E-state index contributed by atoms with van der Waals surface area (Å²) in [7, 11) is 0. The molecule has 1 aromatic rings. The van der Waals surface area contributed by atoms with Gasteiger partial charge in [0.2, 0.25) is 5.91 Å². The highest BCUT2D eigenvalue weighted by Gasteiger charge is 2.27. The van der Waals surface area contributed by atoms with Gasteiger partial charge in [-0.3, -0.25) is 4.79 Å². The minimum Gasteiger partial charge on any atom is -0.462 e. The Kier molecular flexibility index (Phi) is 5.68. The molecule has 2 aliphatic rings. The van der Waals surface area contributed by atoms with E-state index in [0.29, 0.717) is 12.2 Å². The van der Waals surface area contributed by atoms with Crippen LogP contribution in [0.15, 0.2) is 30.5 Å². The number of amides is 1. The van der Waals surface area contributed by atoms with E-state index >= 15 is 0 Å². The molecule has 1 aromatic heterocycles. The smallest absolute Gasteiger partial charge is 0.339 e. The maximum atomic E-state index is 12.6. The van der Waals surface area contributed by atoms with Crippen LogP contribution < -0.4 is 4.90 Å². The van der Waals surface area contributed by atoms with Crippen molar-refractivity contribution in [2.24, 2.45) is 5.92 Å². The number of rotatable bonds is 4. The second-order valence-electron chi connectivity index (χ2n) is 6.42. The SMILES string of the molecule is CCOC(=O)c1ccc(N2CCN(C(=O)C3CC=CCC3)CC2)nc1. The highest BCUT2D eigenvalue weighted by Crippen LogP contribution is 2.22. The van der Waals surface area contributed by atoms with E-state index in [4.69, 9.17) is 4.74 Å². The van der Waals surface area contributed by atoms with Gasteiger partial charge in [0.15, 0.2) is 0 Å². The van der Waals surface area contributed by atoms with Crippen LogP contribution in [0, 0.1) is 5.92 Å². The summed E-state index contributed by atoms with van der Waals surface area (Å²) in [5, 5.41) is 0. The topological polar surface area (TPSA) is 62.7 Å². The number of allylic oxidation sites excluding steroid dienone is 2. The van der Waals surface area contributed by atoms with Gasteiger partial charge in [-0.25, -0.2) is 9.78 Å². The molecule has 1 aliphatic heterocycles. The Balaban J connectivity index is 1.54. The lowest BCUT2D eigenvalue weighted by Crippen LogP contribution is -2.50. The number of ether oxygens (including phenoxy) is 1.